The first-order valence-electron chi connectivity index (χ1n) is 7.44. The summed E-state index contributed by atoms with van der Waals surface area (Å²) < 4.78 is 16.5. The Kier molecular flexibility index (Phi) is 4.31. The van der Waals surface area contributed by atoms with Gasteiger partial charge in [-0.15, -0.1) is 0 Å². The van der Waals surface area contributed by atoms with Gasteiger partial charge in [0.15, 0.2) is 23.0 Å². The lowest BCUT2D eigenvalue weighted by Gasteiger charge is -2.18. The number of phenolic OH excluding ortho intramolecular Hbond substituents is 1. The maximum absolute atomic E-state index is 11.1. The number of aldehydes is 1. The average Bonchev–Trinajstić information content (AvgIpc) is 2.99. The molecule has 6 nitrogen and oxygen atoms in total. The van der Waals surface area contributed by atoms with Crippen molar-refractivity contribution >= 4 is 6.29 Å². The van der Waals surface area contributed by atoms with Gasteiger partial charge in [0.2, 0.25) is 0 Å². The predicted octanol–water partition coefficient (Wildman–Crippen LogP) is 2.43. The molecular weight excluding hydrogens is 312 g/mol. The molecule has 0 bridgehead atoms. The normalized spacial score (nSPS) is 18.6. The number of phenols is 1. The zero-order valence-corrected chi connectivity index (χ0v) is 13.4. The van der Waals surface area contributed by atoms with Crippen LogP contribution in [0.15, 0.2) is 30.3 Å². The summed E-state index contributed by atoms with van der Waals surface area (Å²) in [6, 6.07) is 8.19. The molecule has 6 heteroatoms. The molecule has 3 rings (SSSR count). The van der Waals surface area contributed by atoms with Crippen LogP contribution in [0.3, 0.4) is 0 Å². The van der Waals surface area contributed by atoms with Crippen molar-refractivity contribution < 1.29 is 29.2 Å². The van der Waals surface area contributed by atoms with E-state index in [0.29, 0.717) is 22.8 Å². The number of methoxy groups -OCH3 is 2. The van der Waals surface area contributed by atoms with Gasteiger partial charge in [-0.2, -0.15) is 0 Å². The molecule has 2 atom stereocenters. The topological polar surface area (TPSA) is 85.2 Å². The molecule has 0 saturated heterocycles. The van der Waals surface area contributed by atoms with Gasteiger partial charge in [0.1, 0.15) is 12.4 Å². The molecule has 1 heterocycles. The molecule has 2 aromatic carbocycles. The fourth-order valence-electron chi connectivity index (χ4n) is 3.00. The summed E-state index contributed by atoms with van der Waals surface area (Å²) in [7, 11) is 2.96. The van der Waals surface area contributed by atoms with Crippen LogP contribution in [0.4, 0.5) is 0 Å². The third kappa shape index (κ3) is 2.55. The van der Waals surface area contributed by atoms with Crippen LogP contribution in [-0.2, 0) is 0 Å². The van der Waals surface area contributed by atoms with Crippen LogP contribution in [0.5, 0.6) is 23.0 Å². The smallest absolute Gasteiger partial charge is 0.165 e. The maximum Gasteiger partial charge on any atom is 0.165 e. The summed E-state index contributed by atoms with van der Waals surface area (Å²) in [4.78, 5) is 11.1. The van der Waals surface area contributed by atoms with Gasteiger partial charge in [0, 0.05) is 11.1 Å². The highest BCUT2D eigenvalue weighted by atomic mass is 16.5. The zero-order valence-electron chi connectivity index (χ0n) is 13.4. The SMILES string of the molecule is COc1cc([C@@H]2Oc3c(OC)cc(C=O)cc3[C@H]2CO)ccc1O. The number of aliphatic hydroxyl groups excluding tert-OH is 1. The molecule has 2 N–H and O–H groups in total. The number of ether oxygens (including phenoxy) is 3. The van der Waals surface area contributed by atoms with E-state index in [2.05, 4.69) is 0 Å². The minimum atomic E-state index is -0.477. The van der Waals surface area contributed by atoms with Crippen LogP contribution in [0.1, 0.15) is 33.5 Å². The largest absolute Gasteiger partial charge is 0.504 e. The second kappa shape index (κ2) is 6.41. The number of hydrogen-bond donors (Lipinski definition) is 2. The molecule has 0 radical (unpaired) electrons. The fraction of sp³-hybridized carbons (Fsp3) is 0.278. The van der Waals surface area contributed by atoms with Crippen molar-refractivity contribution in [3.63, 3.8) is 0 Å². The first-order chi connectivity index (χ1) is 11.6. The highest BCUT2D eigenvalue weighted by molar-refractivity contribution is 5.78. The number of carbonyl (C=O) groups is 1. The minimum Gasteiger partial charge on any atom is -0.504 e. The lowest BCUT2D eigenvalue weighted by atomic mass is 9.90. The average molecular weight is 330 g/mol. The van der Waals surface area contributed by atoms with Crippen molar-refractivity contribution in [2.75, 3.05) is 20.8 Å². The monoisotopic (exact) mass is 330 g/mol. The van der Waals surface area contributed by atoms with E-state index in [1.165, 1.54) is 20.3 Å². The Hall–Kier alpha value is -2.73. The standard InChI is InChI=1S/C18H18O6/c1-22-15-7-11(3-4-14(15)21)17-13(9-20)12-5-10(8-19)6-16(23-2)18(12)24-17/h3-8,13,17,20-21H,9H2,1-2H3/t13-,17+/m1/s1. The number of carbonyl (C=O) groups excluding carboxylic acids is 1. The van der Waals surface area contributed by atoms with E-state index in [-0.39, 0.29) is 18.3 Å². The second-order valence-electron chi connectivity index (χ2n) is 5.52. The third-order valence-corrected chi connectivity index (χ3v) is 4.20. The number of rotatable bonds is 5. The lowest BCUT2D eigenvalue weighted by molar-refractivity contribution is 0.112. The van der Waals surface area contributed by atoms with Gasteiger partial charge in [-0.05, 0) is 29.8 Å². The van der Waals surface area contributed by atoms with E-state index in [1.54, 1.807) is 24.3 Å². The van der Waals surface area contributed by atoms with Crippen molar-refractivity contribution in [2.24, 2.45) is 0 Å². The number of fused-ring (bicyclic) bond motifs is 1. The zero-order chi connectivity index (χ0) is 17.3. The van der Waals surface area contributed by atoms with E-state index in [4.69, 9.17) is 14.2 Å². The van der Waals surface area contributed by atoms with Gasteiger partial charge in [-0.25, -0.2) is 0 Å². The molecule has 0 aromatic heterocycles. The van der Waals surface area contributed by atoms with Gasteiger partial charge in [0.05, 0.1) is 26.7 Å². The van der Waals surface area contributed by atoms with Gasteiger partial charge in [0.25, 0.3) is 0 Å². The molecule has 2 aromatic rings. The highest BCUT2D eigenvalue weighted by Gasteiger charge is 2.38. The Morgan fingerprint density at radius 1 is 1.17 bits per heavy atom. The number of hydrogen-bond acceptors (Lipinski definition) is 6. The first-order valence-corrected chi connectivity index (χ1v) is 7.44. The number of benzene rings is 2. The summed E-state index contributed by atoms with van der Waals surface area (Å²) in [5, 5.41) is 19.6. The van der Waals surface area contributed by atoms with Crippen LogP contribution in [-0.4, -0.2) is 37.3 Å². The van der Waals surface area contributed by atoms with E-state index in [1.807, 2.05) is 0 Å². The second-order valence-corrected chi connectivity index (χ2v) is 5.52. The van der Waals surface area contributed by atoms with E-state index in [0.717, 1.165) is 17.4 Å². The van der Waals surface area contributed by atoms with Gasteiger partial charge in [-0.3, -0.25) is 4.79 Å². The molecule has 1 aliphatic rings. The maximum atomic E-state index is 11.1. The first kappa shape index (κ1) is 16.1. The van der Waals surface area contributed by atoms with Gasteiger partial charge < -0.3 is 24.4 Å². The third-order valence-electron chi connectivity index (χ3n) is 4.20. The van der Waals surface area contributed by atoms with Gasteiger partial charge >= 0.3 is 0 Å². The highest BCUT2D eigenvalue weighted by Crippen LogP contribution is 2.51. The van der Waals surface area contributed by atoms with Crippen molar-refractivity contribution in [3.05, 3.63) is 47.0 Å². The number of aliphatic hydroxyl groups is 1. The predicted molar refractivity (Wildman–Crippen MR) is 86.2 cm³/mol. The molecule has 1 aliphatic heterocycles. The summed E-state index contributed by atoms with van der Waals surface area (Å²) in [5.41, 5.74) is 1.92. The van der Waals surface area contributed by atoms with E-state index >= 15 is 0 Å². The van der Waals surface area contributed by atoms with E-state index < -0.39 is 6.10 Å². The molecule has 0 fully saturated rings. The minimum absolute atomic E-state index is 0.0260. The molecule has 0 aliphatic carbocycles. The summed E-state index contributed by atoms with van der Waals surface area (Å²) in [6.45, 7) is -0.160. The summed E-state index contributed by atoms with van der Waals surface area (Å²) in [6.07, 6.45) is 0.254. The Morgan fingerprint density at radius 2 is 1.92 bits per heavy atom. The fourth-order valence-corrected chi connectivity index (χ4v) is 3.00. The lowest BCUT2D eigenvalue weighted by Crippen LogP contribution is -2.13. The Balaban J connectivity index is 2.07. The molecule has 0 saturated carbocycles. The molecular formula is C18H18O6. The van der Waals surface area contributed by atoms with Crippen molar-refractivity contribution in [2.45, 2.75) is 12.0 Å². The number of aromatic hydroxyl groups is 1. The molecule has 0 amide bonds. The molecule has 0 unspecified atom stereocenters. The Labute approximate surface area is 139 Å². The summed E-state index contributed by atoms with van der Waals surface area (Å²) in [5.74, 6) is 0.950. The van der Waals surface area contributed by atoms with Crippen LogP contribution in [0, 0.1) is 0 Å². The van der Waals surface area contributed by atoms with Gasteiger partial charge in [-0.1, -0.05) is 6.07 Å². The van der Waals surface area contributed by atoms with Crippen LogP contribution in [0.2, 0.25) is 0 Å². The Bertz CT molecular complexity index is 770. The molecule has 126 valence electrons. The van der Waals surface area contributed by atoms with Crippen molar-refractivity contribution in [1.29, 1.82) is 0 Å². The molecule has 24 heavy (non-hydrogen) atoms. The van der Waals surface area contributed by atoms with Crippen molar-refractivity contribution in [1.82, 2.24) is 0 Å². The summed E-state index contributed by atoms with van der Waals surface area (Å²) >= 11 is 0. The van der Waals surface area contributed by atoms with Crippen LogP contribution in [0.25, 0.3) is 0 Å². The van der Waals surface area contributed by atoms with Crippen LogP contribution < -0.4 is 14.2 Å². The quantitative estimate of drug-likeness (QED) is 0.819. The van der Waals surface area contributed by atoms with Crippen LogP contribution >= 0.6 is 0 Å². The Morgan fingerprint density at radius 3 is 2.54 bits per heavy atom. The van der Waals surface area contributed by atoms with E-state index in [9.17, 15) is 15.0 Å². The van der Waals surface area contributed by atoms with Crippen molar-refractivity contribution in [3.8, 4) is 23.0 Å². The molecule has 0 spiro atoms.